The number of carboxylic acids is 1. The van der Waals surface area contributed by atoms with Gasteiger partial charge in [0.1, 0.15) is 16.9 Å². The molecule has 1 amide bonds. The van der Waals surface area contributed by atoms with E-state index in [0.29, 0.717) is 30.3 Å². The number of halogens is 1. The smallest absolute Gasteiger partial charge is 0.410 e. The molecule has 4 rings (SSSR count). The summed E-state index contributed by atoms with van der Waals surface area (Å²) in [5.41, 5.74) is 3.37. The lowest BCUT2D eigenvalue weighted by atomic mass is 9.97. The monoisotopic (exact) mass is 707 g/mol. The molecule has 1 aliphatic carbocycles. The van der Waals surface area contributed by atoms with Crippen molar-refractivity contribution in [1.82, 2.24) is 4.90 Å². The first-order valence-corrected chi connectivity index (χ1v) is 20.7. The predicted molar refractivity (Wildman–Crippen MR) is 200 cm³/mol. The molecule has 266 valence electrons. The van der Waals surface area contributed by atoms with Gasteiger partial charge in [0.2, 0.25) is 0 Å². The lowest BCUT2D eigenvalue weighted by molar-refractivity contribution is 0.0158. The summed E-state index contributed by atoms with van der Waals surface area (Å²) in [6.45, 7) is 17.4. The third-order valence-corrected chi connectivity index (χ3v) is 14.2. The highest BCUT2D eigenvalue weighted by Crippen LogP contribution is 2.40. The van der Waals surface area contributed by atoms with Crippen molar-refractivity contribution in [2.75, 3.05) is 13.1 Å². The van der Waals surface area contributed by atoms with Crippen LogP contribution in [-0.4, -0.2) is 55.2 Å². The molecule has 0 unspecified atom stereocenters. The first kappa shape index (κ1) is 38.5. The Balaban J connectivity index is 1.55. The second kappa shape index (κ2) is 16.1. The molecule has 0 heterocycles. The van der Waals surface area contributed by atoms with Gasteiger partial charge in [-0.1, -0.05) is 81.3 Å². The van der Waals surface area contributed by atoms with E-state index in [1.165, 1.54) is 6.42 Å². The summed E-state index contributed by atoms with van der Waals surface area (Å²) in [6.07, 6.45) is 5.17. The molecule has 1 saturated carbocycles. The Morgan fingerprint density at radius 3 is 2.16 bits per heavy atom. The Morgan fingerprint density at radius 2 is 1.57 bits per heavy atom. The van der Waals surface area contributed by atoms with Gasteiger partial charge >= 0.3 is 12.1 Å². The molecule has 1 atom stereocenters. The van der Waals surface area contributed by atoms with E-state index in [0.717, 1.165) is 47.9 Å². The van der Waals surface area contributed by atoms with Gasteiger partial charge in [-0.2, -0.15) is 0 Å². The van der Waals surface area contributed by atoms with Gasteiger partial charge in [0.25, 0.3) is 0 Å². The zero-order chi connectivity index (χ0) is 36.0. The third-order valence-electron chi connectivity index (χ3n) is 9.52. The molecule has 1 fully saturated rings. The van der Waals surface area contributed by atoms with E-state index < -0.39 is 19.9 Å². The molecule has 3 aromatic carbocycles. The Hall–Kier alpha value is -3.33. The van der Waals surface area contributed by atoms with Crippen molar-refractivity contribution in [2.45, 2.75) is 116 Å². The van der Waals surface area contributed by atoms with Gasteiger partial charge in [-0.3, -0.25) is 0 Å². The summed E-state index contributed by atoms with van der Waals surface area (Å²) in [6, 6.07) is 21.1. The zero-order valence-electron chi connectivity index (χ0n) is 30.5. The van der Waals surface area contributed by atoms with Crippen molar-refractivity contribution in [1.29, 1.82) is 0 Å². The van der Waals surface area contributed by atoms with Crippen LogP contribution in [-0.2, 0) is 15.6 Å². The Morgan fingerprint density at radius 1 is 0.918 bits per heavy atom. The van der Waals surface area contributed by atoms with Crippen LogP contribution in [0.1, 0.15) is 101 Å². The average Bonchev–Trinajstić information content (AvgIpc) is 3.01. The van der Waals surface area contributed by atoms with Gasteiger partial charge in [0.05, 0.1) is 18.8 Å². The van der Waals surface area contributed by atoms with Crippen molar-refractivity contribution >= 4 is 32.0 Å². The van der Waals surface area contributed by atoms with Crippen LogP contribution < -0.4 is 4.74 Å². The number of rotatable bonds is 12. The average molecular weight is 708 g/mol. The number of hydrogen-bond acceptors (Lipinski definition) is 5. The molecule has 49 heavy (non-hydrogen) atoms. The molecule has 0 radical (unpaired) electrons. The van der Waals surface area contributed by atoms with Crippen LogP contribution in [0.3, 0.4) is 0 Å². The van der Waals surface area contributed by atoms with E-state index >= 15 is 0 Å². The molecule has 1 N–H and O–H groups in total. The van der Waals surface area contributed by atoms with Gasteiger partial charge in [-0.15, -0.1) is 0 Å². The highest BCUT2D eigenvalue weighted by molar-refractivity contribution is 6.74. The number of amides is 1. The minimum absolute atomic E-state index is 0.0287. The van der Waals surface area contributed by atoms with Gasteiger partial charge in [0.15, 0.2) is 8.32 Å². The minimum Gasteiger partial charge on any atom is -0.490 e. The number of aromatic carboxylic acids is 1. The van der Waals surface area contributed by atoms with Crippen LogP contribution in [0.15, 0.2) is 66.7 Å². The number of nitrogens with zero attached hydrogens (tertiary/aromatic N) is 1. The summed E-state index contributed by atoms with van der Waals surface area (Å²) in [5.74, 6) is -0.572. The zero-order valence-corrected chi connectivity index (χ0v) is 32.2. The number of benzene rings is 3. The fraction of sp³-hybridized carbons (Fsp3) is 0.500. The second-order valence-electron chi connectivity index (χ2n) is 15.7. The van der Waals surface area contributed by atoms with E-state index in [-0.39, 0.29) is 28.9 Å². The lowest BCUT2D eigenvalue weighted by Gasteiger charge is -2.41. The molecule has 0 saturated heterocycles. The Labute approximate surface area is 299 Å². The number of ether oxygens (including phenoxy) is 2. The molecule has 3 aromatic rings. The van der Waals surface area contributed by atoms with Crippen molar-refractivity contribution in [2.24, 2.45) is 0 Å². The van der Waals surface area contributed by atoms with Crippen molar-refractivity contribution in [3.8, 4) is 16.9 Å². The number of hydrogen-bond donors (Lipinski definition) is 1. The van der Waals surface area contributed by atoms with Gasteiger partial charge < -0.3 is 23.9 Å². The van der Waals surface area contributed by atoms with E-state index in [9.17, 15) is 14.7 Å². The highest BCUT2D eigenvalue weighted by Gasteiger charge is 2.40. The van der Waals surface area contributed by atoms with Crippen molar-refractivity contribution in [3.05, 3.63) is 88.4 Å². The molecule has 7 nitrogen and oxygen atoms in total. The number of carboxylic acid groups (broad SMARTS) is 1. The predicted octanol–water partition coefficient (Wildman–Crippen LogP) is 11.0. The van der Waals surface area contributed by atoms with Crippen LogP contribution in [0, 0.1) is 0 Å². The second-order valence-corrected chi connectivity index (χ2v) is 20.9. The summed E-state index contributed by atoms with van der Waals surface area (Å²) < 4.78 is 19.0. The number of carbonyl (C=O) groups excluding carboxylic acids is 1. The van der Waals surface area contributed by atoms with E-state index in [4.69, 9.17) is 25.5 Å². The van der Waals surface area contributed by atoms with Crippen LogP contribution >= 0.6 is 11.6 Å². The van der Waals surface area contributed by atoms with E-state index in [2.05, 4.69) is 46.0 Å². The molecule has 0 aliphatic heterocycles. The summed E-state index contributed by atoms with van der Waals surface area (Å²) in [4.78, 5) is 27.3. The third kappa shape index (κ3) is 11.1. The van der Waals surface area contributed by atoms with Crippen molar-refractivity contribution < 1.29 is 28.6 Å². The van der Waals surface area contributed by atoms with Gasteiger partial charge in [0, 0.05) is 11.6 Å². The van der Waals surface area contributed by atoms with E-state index in [1.54, 1.807) is 11.0 Å². The van der Waals surface area contributed by atoms with Crippen LogP contribution in [0.5, 0.6) is 5.75 Å². The normalized spacial score (nSPS) is 15.0. The summed E-state index contributed by atoms with van der Waals surface area (Å²) in [5, 5.41) is 10.4. The quantitative estimate of drug-likeness (QED) is 0.189. The first-order valence-electron chi connectivity index (χ1n) is 17.5. The molecule has 9 heteroatoms. The van der Waals surface area contributed by atoms with Crippen molar-refractivity contribution in [3.63, 3.8) is 0 Å². The standard InChI is InChI=1S/C40H54ClNO6Si/c1-39(2,3)47-38(45)42(27-36(31-13-12-14-32(41)25-31)48-49(7,8)40(4,5)6)24-23-28-17-19-29(20-18-28)30-21-22-34(37(43)44)35(26-30)46-33-15-10-9-11-16-33/h12-14,17-22,25-26,33,36H,9-11,15-16,23-24,27H2,1-8H3,(H,43,44)/t36-/m0/s1. The fourth-order valence-corrected chi connectivity index (χ4v) is 7.17. The van der Waals surface area contributed by atoms with Crippen LogP contribution in [0.2, 0.25) is 23.2 Å². The molecular formula is C40H54ClNO6Si. The van der Waals surface area contributed by atoms with Gasteiger partial charge in [-0.05, 0) is 118 Å². The largest absolute Gasteiger partial charge is 0.490 e. The molecule has 0 bridgehead atoms. The highest BCUT2D eigenvalue weighted by atomic mass is 35.5. The number of carbonyl (C=O) groups is 2. The fourth-order valence-electron chi connectivity index (χ4n) is 5.70. The Kier molecular flexibility index (Phi) is 12.7. The lowest BCUT2D eigenvalue weighted by Crippen LogP contribution is -2.46. The maximum absolute atomic E-state index is 13.6. The molecular weight excluding hydrogens is 654 g/mol. The molecule has 0 spiro atoms. The summed E-state index contributed by atoms with van der Waals surface area (Å²) in [7, 11) is -2.23. The summed E-state index contributed by atoms with van der Waals surface area (Å²) >= 11 is 6.43. The maximum Gasteiger partial charge on any atom is 0.410 e. The van der Waals surface area contributed by atoms with E-state index in [1.807, 2.05) is 69.3 Å². The van der Waals surface area contributed by atoms with Crippen LogP contribution in [0.25, 0.3) is 11.1 Å². The van der Waals surface area contributed by atoms with Gasteiger partial charge in [-0.25, -0.2) is 9.59 Å². The molecule has 1 aliphatic rings. The Bertz CT molecular complexity index is 1570. The first-order chi connectivity index (χ1) is 22.9. The minimum atomic E-state index is -2.23. The maximum atomic E-state index is 13.6. The topological polar surface area (TPSA) is 85.3 Å². The SMILES string of the molecule is CC(C)(C)OC(=O)N(CCc1ccc(-c2ccc(C(=O)O)c(OC3CCCCC3)c2)cc1)C[C@H](O[Si](C)(C)C(C)(C)C)c1cccc(Cl)c1. The molecule has 0 aromatic heterocycles. The van der Waals surface area contributed by atoms with Crippen LogP contribution in [0.4, 0.5) is 4.79 Å².